The smallest absolute Gasteiger partial charge is 0.324 e. The Labute approximate surface area is 120 Å². The highest BCUT2D eigenvalue weighted by atomic mass is 16.4. The molecule has 2 unspecified atom stereocenters. The summed E-state index contributed by atoms with van der Waals surface area (Å²) in [6.45, 7) is 6.97. The van der Waals surface area contributed by atoms with Gasteiger partial charge < -0.3 is 10.4 Å². The van der Waals surface area contributed by atoms with Crippen molar-refractivity contribution in [3.8, 4) is 0 Å². The summed E-state index contributed by atoms with van der Waals surface area (Å²) in [6, 6.07) is 0. The van der Waals surface area contributed by atoms with E-state index >= 15 is 0 Å². The number of hydrogen-bond donors (Lipinski definition) is 2. The Hall–Kier alpha value is -1.36. The third-order valence-corrected chi connectivity index (χ3v) is 5.08. The van der Waals surface area contributed by atoms with Gasteiger partial charge in [0.05, 0.1) is 5.69 Å². The minimum atomic E-state index is -0.745. The van der Waals surface area contributed by atoms with E-state index in [0.29, 0.717) is 0 Å². The van der Waals surface area contributed by atoms with Crippen LogP contribution in [0.5, 0.6) is 0 Å². The minimum Gasteiger partial charge on any atom is -0.480 e. The first-order valence-corrected chi connectivity index (χ1v) is 7.35. The normalized spacial score (nSPS) is 26.1. The highest BCUT2D eigenvalue weighted by molar-refractivity contribution is 5.79. The summed E-state index contributed by atoms with van der Waals surface area (Å²) < 4.78 is 2.02. The van der Waals surface area contributed by atoms with Crippen molar-refractivity contribution in [3.05, 3.63) is 17.0 Å². The number of aromatic nitrogens is 2. The summed E-state index contributed by atoms with van der Waals surface area (Å²) in [4.78, 5) is 11.6. The zero-order valence-corrected chi connectivity index (χ0v) is 12.9. The Kier molecular flexibility index (Phi) is 4.18. The molecule has 5 heteroatoms. The molecule has 2 N–H and O–H groups in total. The number of carboxylic acid groups (broad SMARTS) is 1. The van der Waals surface area contributed by atoms with Crippen molar-refractivity contribution in [2.45, 2.75) is 58.5 Å². The van der Waals surface area contributed by atoms with Crippen molar-refractivity contribution in [1.29, 1.82) is 0 Å². The average Bonchev–Trinajstić information content (AvgIpc) is 2.94. The van der Waals surface area contributed by atoms with Crippen LogP contribution in [0, 0.1) is 26.7 Å². The lowest BCUT2D eigenvalue weighted by molar-refractivity contribution is -0.146. The van der Waals surface area contributed by atoms with Crippen LogP contribution in [-0.2, 0) is 11.3 Å². The molecular formula is C15H25N3O2. The predicted octanol–water partition coefficient (Wildman–Crippen LogP) is 2.04. The van der Waals surface area contributed by atoms with E-state index in [-0.39, 0.29) is 5.92 Å². The van der Waals surface area contributed by atoms with Gasteiger partial charge in [-0.1, -0.05) is 6.42 Å². The van der Waals surface area contributed by atoms with Crippen LogP contribution in [0.25, 0.3) is 0 Å². The number of carbonyl (C=O) groups is 1. The SMILES string of the molecule is CNC1(C(=O)O)CCCC1CCn1nc(C)c(C)c1C. The van der Waals surface area contributed by atoms with Gasteiger partial charge in [0, 0.05) is 12.2 Å². The van der Waals surface area contributed by atoms with Gasteiger partial charge in [-0.05, 0) is 58.6 Å². The fraction of sp³-hybridized carbons (Fsp3) is 0.733. The van der Waals surface area contributed by atoms with Crippen molar-refractivity contribution < 1.29 is 9.90 Å². The predicted molar refractivity (Wildman–Crippen MR) is 77.8 cm³/mol. The molecule has 1 aromatic heterocycles. The molecule has 1 heterocycles. The van der Waals surface area contributed by atoms with Gasteiger partial charge in [-0.3, -0.25) is 9.48 Å². The fourth-order valence-electron chi connectivity index (χ4n) is 3.47. The van der Waals surface area contributed by atoms with Crippen LogP contribution in [0.15, 0.2) is 0 Å². The number of carboxylic acids is 1. The maximum Gasteiger partial charge on any atom is 0.324 e. The van der Waals surface area contributed by atoms with E-state index in [2.05, 4.69) is 24.3 Å². The summed E-state index contributed by atoms with van der Waals surface area (Å²) in [7, 11) is 1.76. The molecular weight excluding hydrogens is 254 g/mol. The first-order valence-electron chi connectivity index (χ1n) is 7.35. The maximum absolute atomic E-state index is 11.6. The topological polar surface area (TPSA) is 67.2 Å². The number of hydrogen-bond acceptors (Lipinski definition) is 3. The molecule has 5 nitrogen and oxygen atoms in total. The number of aryl methyl sites for hydroxylation is 2. The third kappa shape index (κ3) is 2.35. The lowest BCUT2D eigenvalue weighted by Gasteiger charge is -2.31. The second kappa shape index (κ2) is 5.56. The standard InChI is InChI=1S/C15H25N3O2/c1-10-11(2)17-18(12(10)3)9-7-13-6-5-8-15(13,16-4)14(19)20/h13,16H,5-9H2,1-4H3,(H,19,20). The first-order chi connectivity index (χ1) is 9.42. The summed E-state index contributed by atoms with van der Waals surface area (Å²) in [6.07, 6.45) is 3.54. The number of likely N-dealkylation sites (N-methyl/N-ethyl adjacent to an activating group) is 1. The molecule has 0 aliphatic heterocycles. The molecule has 1 fully saturated rings. The van der Waals surface area contributed by atoms with Crippen LogP contribution in [0.4, 0.5) is 0 Å². The van der Waals surface area contributed by atoms with Gasteiger partial charge in [0.2, 0.25) is 0 Å². The Bertz CT molecular complexity index is 509. The summed E-state index contributed by atoms with van der Waals surface area (Å²) in [5.74, 6) is -0.540. The zero-order chi connectivity index (χ0) is 14.9. The van der Waals surface area contributed by atoms with Gasteiger partial charge in [0.1, 0.15) is 5.54 Å². The molecule has 112 valence electrons. The van der Waals surface area contributed by atoms with E-state index < -0.39 is 11.5 Å². The molecule has 0 radical (unpaired) electrons. The van der Waals surface area contributed by atoms with Crippen LogP contribution < -0.4 is 5.32 Å². The molecule has 0 bridgehead atoms. The molecule has 0 saturated heterocycles. The van der Waals surface area contributed by atoms with Gasteiger partial charge >= 0.3 is 5.97 Å². The molecule has 2 rings (SSSR count). The largest absolute Gasteiger partial charge is 0.480 e. The summed E-state index contributed by atoms with van der Waals surface area (Å²) in [5.41, 5.74) is 2.73. The minimum absolute atomic E-state index is 0.175. The van der Waals surface area contributed by atoms with Gasteiger partial charge in [-0.25, -0.2) is 0 Å². The van der Waals surface area contributed by atoms with Gasteiger partial charge in [0.25, 0.3) is 0 Å². The molecule has 20 heavy (non-hydrogen) atoms. The fourth-order valence-corrected chi connectivity index (χ4v) is 3.47. The van der Waals surface area contributed by atoms with E-state index in [1.54, 1.807) is 7.05 Å². The number of rotatable bonds is 5. The van der Waals surface area contributed by atoms with Gasteiger partial charge in [-0.15, -0.1) is 0 Å². The molecule has 1 aromatic rings. The highest BCUT2D eigenvalue weighted by Gasteiger charge is 2.47. The molecule has 1 saturated carbocycles. The van der Waals surface area contributed by atoms with Crippen molar-refractivity contribution in [1.82, 2.24) is 15.1 Å². The quantitative estimate of drug-likeness (QED) is 0.865. The first kappa shape index (κ1) is 15.0. The van der Waals surface area contributed by atoms with Crippen LogP contribution in [0.1, 0.15) is 42.6 Å². The Morgan fingerprint density at radius 3 is 2.70 bits per heavy atom. The van der Waals surface area contributed by atoms with Crippen LogP contribution in [0.3, 0.4) is 0 Å². The van der Waals surface area contributed by atoms with Crippen molar-refractivity contribution in [2.24, 2.45) is 5.92 Å². The Morgan fingerprint density at radius 2 is 2.20 bits per heavy atom. The molecule has 1 aliphatic carbocycles. The van der Waals surface area contributed by atoms with Crippen molar-refractivity contribution in [2.75, 3.05) is 7.05 Å². The van der Waals surface area contributed by atoms with E-state index in [1.807, 2.05) is 11.6 Å². The third-order valence-electron chi connectivity index (χ3n) is 5.08. The van der Waals surface area contributed by atoms with Gasteiger partial charge in [0.15, 0.2) is 0 Å². The van der Waals surface area contributed by atoms with Crippen molar-refractivity contribution >= 4 is 5.97 Å². The lowest BCUT2D eigenvalue weighted by Crippen LogP contribution is -2.53. The van der Waals surface area contributed by atoms with Crippen LogP contribution in [0.2, 0.25) is 0 Å². The number of nitrogens with one attached hydrogen (secondary N) is 1. The zero-order valence-electron chi connectivity index (χ0n) is 12.9. The van der Waals surface area contributed by atoms with Crippen molar-refractivity contribution in [3.63, 3.8) is 0 Å². The molecule has 0 amide bonds. The number of nitrogens with zero attached hydrogens (tertiary/aromatic N) is 2. The van der Waals surface area contributed by atoms with Crippen LogP contribution >= 0.6 is 0 Å². The second-order valence-corrected chi connectivity index (χ2v) is 5.92. The van der Waals surface area contributed by atoms with E-state index in [0.717, 1.165) is 37.9 Å². The number of aliphatic carboxylic acids is 1. The highest BCUT2D eigenvalue weighted by Crippen LogP contribution is 2.38. The molecule has 2 atom stereocenters. The maximum atomic E-state index is 11.6. The summed E-state index contributed by atoms with van der Waals surface area (Å²) in [5, 5.41) is 17.2. The molecule has 0 aromatic carbocycles. The summed E-state index contributed by atoms with van der Waals surface area (Å²) >= 11 is 0. The Morgan fingerprint density at radius 1 is 1.50 bits per heavy atom. The Balaban J connectivity index is 2.10. The lowest BCUT2D eigenvalue weighted by atomic mass is 9.85. The van der Waals surface area contributed by atoms with E-state index in [1.165, 1.54) is 11.3 Å². The van der Waals surface area contributed by atoms with Gasteiger partial charge in [-0.2, -0.15) is 5.10 Å². The van der Waals surface area contributed by atoms with E-state index in [9.17, 15) is 9.90 Å². The average molecular weight is 279 g/mol. The second-order valence-electron chi connectivity index (χ2n) is 5.92. The monoisotopic (exact) mass is 279 g/mol. The molecule has 0 spiro atoms. The van der Waals surface area contributed by atoms with E-state index in [4.69, 9.17) is 0 Å². The molecule has 1 aliphatic rings. The van der Waals surface area contributed by atoms with Crippen LogP contribution in [-0.4, -0.2) is 33.4 Å².